The topological polar surface area (TPSA) is 0 Å². The summed E-state index contributed by atoms with van der Waals surface area (Å²) in [6, 6.07) is 11.6. The molecule has 0 aromatic heterocycles. The molecule has 0 aliphatic heterocycles. The van der Waals surface area contributed by atoms with E-state index < -0.39 is 0 Å². The molecular weight excluding hydrogens is 216 g/mol. The van der Waals surface area contributed by atoms with E-state index in [0.29, 0.717) is 0 Å². The quantitative estimate of drug-likeness (QED) is 0.615. The lowest BCUT2D eigenvalue weighted by atomic mass is 9.81. The van der Waals surface area contributed by atoms with Crippen LogP contribution in [0.5, 0.6) is 0 Å². The second-order valence-electron chi connectivity index (χ2n) is 5.84. The van der Waals surface area contributed by atoms with Crippen LogP contribution in [0.4, 0.5) is 0 Å². The van der Waals surface area contributed by atoms with Crippen molar-refractivity contribution in [3.63, 3.8) is 0 Å². The van der Waals surface area contributed by atoms with Crippen LogP contribution in [-0.4, -0.2) is 0 Å². The van der Waals surface area contributed by atoms with E-state index in [4.69, 9.17) is 0 Å². The summed E-state index contributed by atoms with van der Waals surface area (Å²) in [5.41, 5.74) is 4.42. The van der Waals surface area contributed by atoms with E-state index in [1.165, 1.54) is 54.0 Å². The lowest BCUT2D eigenvalue weighted by Gasteiger charge is -2.23. The van der Waals surface area contributed by atoms with Gasteiger partial charge in [-0.05, 0) is 60.1 Å². The van der Waals surface area contributed by atoms with Gasteiger partial charge in [0.05, 0.1) is 0 Å². The molecule has 1 aliphatic rings. The summed E-state index contributed by atoms with van der Waals surface area (Å²) in [5, 5.41) is 2.91. The van der Waals surface area contributed by atoms with Crippen molar-refractivity contribution < 1.29 is 0 Å². The van der Waals surface area contributed by atoms with Crippen LogP contribution < -0.4 is 0 Å². The van der Waals surface area contributed by atoms with Crippen molar-refractivity contribution in [2.45, 2.75) is 51.9 Å². The van der Waals surface area contributed by atoms with E-state index in [1.54, 1.807) is 5.56 Å². The lowest BCUT2D eigenvalue weighted by molar-refractivity contribution is 0.445. The van der Waals surface area contributed by atoms with Crippen molar-refractivity contribution in [2.75, 3.05) is 0 Å². The molecule has 0 unspecified atom stereocenters. The molecule has 1 saturated carbocycles. The number of hydrogen-bond donors (Lipinski definition) is 0. The van der Waals surface area contributed by atoms with E-state index in [-0.39, 0.29) is 0 Å². The van der Waals surface area contributed by atoms with Crippen molar-refractivity contribution >= 4 is 10.8 Å². The van der Waals surface area contributed by atoms with E-state index in [2.05, 4.69) is 44.2 Å². The standard InChI is InChI=1S/C18H22/c1-13-11-16-9-6-10-17(18(16)12-14(13)2)15-7-4-3-5-8-15/h6,9-12,15H,3-5,7-8H2,1-2H3. The number of aryl methyl sites for hydroxylation is 2. The van der Waals surface area contributed by atoms with Crippen LogP contribution in [0.2, 0.25) is 0 Å². The van der Waals surface area contributed by atoms with Gasteiger partial charge in [-0.25, -0.2) is 0 Å². The monoisotopic (exact) mass is 238 g/mol. The average molecular weight is 238 g/mol. The van der Waals surface area contributed by atoms with Gasteiger partial charge < -0.3 is 0 Å². The Labute approximate surface area is 110 Å². The van der Waals surface area contributed by atoms with Crippen LogP contribution in [0.3, 0.4) is 0 Å². The summed E-state index contributed by atoms with van der Waals surface area (Å²) in [6.45, 7) is 4.44. The highest BCUT2D eigenvalue weighted by Crippen LogP contribution is 2.36. The lowest BCUT2D eigenvalue weighted by Crippen LogP contribution is -2.05. The van der Waals surface area contributed by atoms with E-state index in [0.717, 1.165) is 5.92 Å². The fourth-order valence-electron chi connectivity index (χ4n) is 3.34. The van der Waals surface area contributed by atoms with Crippen molar-refractivity contribution in [1.29, 1.82) is 0 Å². The second kappa shape index (κ2) is 4.76. The van der Waals surface area contributed by atoms with Gasteiger partial charge in [-0.3, -0.25) is 0 Å². The zero-order valence-electron chi connectivity index (χ0n) is 11.5. The van der Waals surface area contributed by atoms with Crippen molar-refractivity contribution in [2.24, 2.45) is 0 Å². The fraction of sp³-hybridized carbons (Fsp3) is 0.444. The van der Waals surface area contributed by atoms with Gasteiger partial charge in [0, 0.05) is 0 Å². The van der Waals surface area contributed by atoms with Gasteiger partial charge in [0.15, 0.2) is 0 Å². The molecule has 0 spiro atoms. The first-order valence-electron chi connectivity index (χ1n) is 7.25. The maximum absolute atomic E-state index is 2.40. The highest BCUT2D eigenvalue weighted by Gasteiger charge is 2.17. The van der Waals surface area contributed by atoms with Crippen molar-refractivity contribution in [3.05, 3.63) is 47.0 Å². The smallest absolute Gasteiger partial charge is 0.0146 e. The Morgan fingerprint density at radius 3 is 2.39 bits per heavy atom. The van der Waals surface area contributed by atoms with Gasteiger partial charge >= 0.3 is 0 Å². The molecule has 94 valence electrons. The highest BCUT2D eigenvalue weighted by atomic mass is 14.2. The maximum Gasteiger partial charge on any atom is -0.0146 e. The number of rotatable bonds is 1. The number of fused-ring (bicyclic) bond motifs is 1. The molecule has 1 aliphatic carbocycles. The van der Waals surface area contributed by atoms with E-state index in [1.807, 2.05) is 0 Å². The molecule has 0 saturated heterocycles. The van der Waals surface area contributed by atoms with Gasteiger partial charge in [0.1, 0.15) is 0 Å². The Morgan fingerprint density at radius 2 is 1.61 bits per heavy atom. The van der Waals surface area contributed by atoms with Crippen molar-refractivity contribution in [3.8, 4) is 0 Å². The molecule has 0 amide bonds. The third kappa shape index (κ3) is 2.05. The second-order valence-corrected chi connectivity index (χ2v) is 5.84. The summed E-state index contributed by atoms with van der Waals surface area (Å²) < 4.78 is 0. The third-order valence-electron chi connectivity index (χ3n) is 4.57. The zero-order chi connectivity index (χ0) is 12.5. The highest BCUT2D eigenvalue weighted by molar-refractivity contribution is 5.87. The SMILES string of the molecule is Cc1cc2cccc(C3CCCCC3)c2cc1C. The molecule has 18 heavy (non-hydrogen) atoms. The zero-order valence-corrected chi connectivity index (χ0v) is 11.5. The molecule has 0 bridgehead atoms. The first kappa shape index (κ1) is 11.8. The van der Waals surface area contributed by atoms with Crippen LogP contribution >= 0.6 is 0 Å². The predicted molar refractivity (Wildman–Crippen MR) is 79.2 cm³/mol. The minimum atomic E-state index is 0.796. The molecule has 0 heteroatoms. The molecule has 1 fully saturated rings. The van der Waals surface area contributed by atoms with Crippen LogP contribution in [0.15, 0.2) is 30.3 Å². The van der Waals surface area contributed by atoms with Gasteiger partial charge in [-0.2, -0.15) is 0 Å². The minimum absolute atomic E-state index is 0.796. The molecule has 0 atom stereocenters. The Balaban J connectivity index is 2.13. The van der Waals surface area contributed by atoms with Gasteiger partial charge in [0.25, 0.3) is 0 Å². The fourth-order valence-corrected chi connectivity index (χ4v) is 3.34. The van der Waals surface area contributed by atoms with Gasteiger partial charge in [0.2, 0.25) is 0 Å². The molecule has 2 aromatic rings. The Hall–Kier alpha value is -1.30. The molecular formula is C18H22. The minimum Gasteiger partial charge on any atom is -0.0613 e. The molecule has 0 nitrogen and oxygen atoms in total. The first-order valence-corrected chi connectivity index (χ1v) is 7.25. The summed E-state index contributed by atoms with van der Waals surface area (Å²) >= 11 is 0. The Morgan fingerprint density at radius 1 is 0.889 bits per heavy atom. The van der Waals surface area contributed by atoms with Crippen LogP contribution in [0, 0.1) is 13.8 Å². The Bertz CT molecular complexity index is 560. The summed E-state index contributed by atoms with van der Waals surface area (Å²) in [7, 11) is 0. The third-order valence-corrected chi connectivity index (χ3v) is 4.57. The average Bonchev–Trinajstić information content (AvgIpc) is 2.40. The number of benzene rings is 2. The van der Waals surface area contributed by atoms with Crippen molar-refractivity contribution in [1.82, 2.24) is 0 Å². The molecule has 0 radical (unpaired) electrons. The van der Waals surface area contributed by atoms with Gasteiger partial charge in [-0.15, -0.1) is 0 Å². The molecule has 0 heterocycles. The van der Waals surface area contributed by atoms with Crippen LogP contribution in [0.25, 0.3) is 10.8 Å². The molecule has 2 aromatic carbocycles. The first-order chi connectivity index (χ1) is 8.75. The largest absolute Gasteiger partial charge is 0.0613 e. The van der Waals surface area contributed by atoms with Crippen LogP contribution in [-0.2, 0) is 0 Å². The normalized spacial score (nSPS) is 17.2. The Kier molecular flexibility index (Phi) is 3.11. The summed E-state index contributed by atoms with van der Waals surface area (Å²) in [6.07, 6.45) is 7.01. The summed E-state index contributed by atoms with van der Waals surface area (Å²) in [4.78, 5) is 0. The van der Waals surface area contributed by atoms with E-state index in [9.17, 15) is 0 Å². The van der Waals surface area contributed by atoms with Gasteiger partial charge in [-0.1, -0.05) is 49.6 Å². The maximum atomic E-state index is 2.40. The number of hydrogen-bond acceptors (Lipinski definition) is 0. The predicted octanol–water partition coefficient (Wildman–Crippen LogP) is 5.50. The van der Waals surface area contributed by atoms with E-state index >= 15 is 0 Å². The molecule has 3 rings (SSSR count). The summed E-state index contributed by atoms with van der Waals surface area (Å²) in [5.74, 6) is 0.796. The molecule has 0 N–H and O–H groups in total. The van der Waals surface area contributed by atoms with Crippen LogP contribution in [0.1, 0.15) is 54.7 Å².